The Bertz CT molecular complexity index is 569. The predicted molar refractivity (Wildman–Crippen MR) is 87.0 cm³/mol. The van der Waals surface area contributed by atoms with Crippen LogP contribution in [-0.2, 0) is 13.2 Å². The van der Waals surface area contributed by atoms with Crippen LogP contribution < -0.4 is 10.1 Å². The summed E-state index contributed by atoms with van der Waals surface area (Å²) in [5.74, 6) is 0.941. The van der Waals surface area contributed by atoms with Crippen LogP contribution in [0, 0.1) is 6.92 Å². The molecule has 2 rings (SSSR count). The standard InChI is InChI=1S/C17H20BrNO/c1-3-19-11-14-8-9-15(16(18)10-14)12-20-17-7-5-4-6-13(17)2/h4-10,19H,3,11-12H2,1-2H3. The molecule has 0 unspecified atom stereocenters. The van der Waals surface area contributed by atoms with Gasteiger partial charge in [-0.1, -0.05) is 53.2 Å². The first-order chi connectivity index (χ1) is 9.70. The molecule has 0 aliphatic rings. The highest BCUT2D eigenvalue weighted by Crippen LogP contribution is 2.22. The van der Waals surface area contributed by atoms with E-state index in [0.717, 1.165) is 34.4 Å². The quantitative estimate of drug-likeness (QED) is 0.843. The van der Waals surface area contributed by atoms with Crippen LogP contribution in [0.25, 0.3) is 0 Å². The van der Waals surface area contributed by atoms with Crippen molar-refractivity contribution < 1.29 is 4.74 Å². The van der Waals surface area contributed by atoms with Crippen molar-refractivity contribution in [1.29, 1.82) is 0 Å². The number of halogens is 1. The summed E-state index contributed by atoms with van der Waals surface area (Å²) in [5.41, 5.74) is 3.60. The zero-order chi connectivity index (χ0) is 14.4. The van der Waals surface area contributed by atoms with Gasteiger partial charge in [-0.15, -0.1) is 0 Å². The minimum Gasteiger partial charge on any atom is -0.489 e. The second-order valence-corrected chi connectivity index (χ2v) is 5.61. The molecular formula is C17H20BrNO. The lowest BCUT2D eigenvalue weighted by atomic mass is 10.1. The van der Waals surface area contributed by atoms with E-state index >= 15 is 0 Å². The van der Waals surface area contributed by atoms with Crippen molar-refractivity contribution >= 4 is 15.9 Å². The van der Waals surface area contributed by atoms with Gasteiger partial charge in [0.25, 0.3) is 0 Å². The second-order valence-electron chi connectivity index (χ2n) is 4.76. The van der Waals surface area contributed by atoms with Crippen LogP contribution >= 0.6 is 15.9 Å². The van der Waals surface area contributed by atoms with E-state index in [0.29, 0.717) is 6.61 Å². The van der Waals surface area contributed by atoms with E-state index in [9.17, 15) is 0 Å². The van der Waals surface area contributed by atoms with Gasteiger partial charge in [0.15, 0.2) is 0 Å². The van der Waals surface area contributed by atoms with E-state index in [4.69, 9.17) is 4.74 Å². The van der Waals surface area contributed by atoms with Crippen molar-refractivity contribution in [3.8, 4) is 5.75 Å². The molecule has 106 valence electrons. The maximum absolute atomic E-state index is 5.88. The maximum atomic E-state index is 5.88. The van der Waals surface area contributed by atoms with Crippen LogP contribution in [0.2, 0.25) is 0 Å². The average molecular weight is 334 g/mol. The first-order valence-corrected chi connectivity index (χ1v) is 7.66. The monoisotopic (exact) mass is 333 g/mol. The van der Waals surface area contributed by atoms with Gasteiger partial charge in [-0.2, -0.15) is 0 Å². The van der Waals surface area contributed by atoms with Gasteiger partial charge in [0.2, 0.25) is 0 Å². The highest BCUT2D eigenvalue weighted by molar-refractivity contribution is 9.10. The van der Waals surface area contributed by atoms with Crippen LogP contribution in [0.1, 0.15) is 23.6 Å². The minimum absolute atomic E-state index is 0.576. The number of rotatable bonds is 6. The average Bonchev–Trinajstić information content (AvgIpc) is 2.45. The molecule has 0 aromatic heterocycles. The van der Waals surface area contributed by atoms with Gasteiger partial charge in [0.05, 0.1) is 0 Å². The normalized spacial score (nSPS) is 10.6. The summed E-state index contributed by atoms with van der Waals surface area (Å²) in [5, 5.41) is 3.32. The molecule has 0 fully saturated rings. The number of para-hydroxylation sites is 1. The molecule has 0 heterocycles. The lowest BCUT2D eigenvalue weighted by Crippen LogP contribution is -2.11. The lowest BCUT2D eigenvalue weighted by Gasteiger charge is -2.11. The van der Waals surface area contributed by atoms with E-state index in [1.807, 2.05) is 18.2 Å². The van der Waals surface area contributed by atoms with E-state index in [1.54, 1.807) is 0 Å². The van der Waals surface area contributed by atoms with Crippen LogP contribution in [-0.4, -0.2) is 6.54 Å². The van der Waals surface area contributed by atoms with Gasteiger partial charge in [0, 0.05) is 16.6 Å². The molecule has 0 saturated heterocycles. The molecule has 0 aliphatic carbocycles. The van der Waals surface area contributed by atoms with Crippen LogP contribution in [0.3, 0.4) is 0 Å². The first-order valence-electron chi connectivity index (χ1n) is 6.87. The molecule has 1 N–H and O–H groups in total. The molecule has 2 nitrogen and oxygen atoms in total. The summed E-state index contributed by atoms with van der Waals surface area (Å²) >= 11 is 3.62. The van der Waals surface area contributed by atoms with Crippen molar-refractivity contribution in [2.45, 2.75) is 27.0 Å². The fourth-order valence-electron chi connectivity index (χ4n) is 1.96. The summed E-state index contributed by atoms with van der Waals surface area (Å²) in [7, 11) is 0. The first kappa shape index (κ1) is 15.1. The van der Waals surface area contributed by atoms with Gasteiger partial charge in [0.1, 0.15) is 12.4 Å². The zero-order valence-corrected chi connectivity index (χ0v) is 13.5. The third kappa shape index (κ3) is 4.09. The number of hydrogen-bond donors (Lipinski definition) is 1. The molecule has 0 bridgehead atoms. The van der Waals surface area contributed by atoms with Gasteiger partial charge in [-0.05, 0) is 36.7 Å². The molecule has 2 aromatic carbocycles. The second kappa shape index (κ2) is 7.46. The molecule has 20 heavy (non-hydrogen) atoms. The fraction of sp³-hybridized carbons (Fsp3) is 0.294. The van der Waals surface area contributed by atoms with Crippen LogP contribution in [0.5, 0.6) is 5.75 Å². The number of ether oxygens (including phenoxy) is 1. The maximum Gasteiger partial charge on any atom is 0.122 e. The van der Waals surface area contributed by atoms with Crippen molar-refractivity contribution in [1.82, 2.24) is 5.32 Å². The Morgan fingerprint density at radius 3 is 2.65 bits per heavy atom. The van der Waals surface area contributed by atoms with E-state index in [2.05, 4.69) is 59.4 Å². The largest absolute Gasteiger partial charge is 0.489 e. The van der Waals surface area contributed by atoms with Crippen LogP contribution in [0.15, 0.2) is 46.9 Å². The van der Waals surface area contributed by atoms with Gasteiger partial charge in [-0.25, -0.2) is 0 Å². The molecule has 0 radical (unpaired) electrons. The number of hydrogen-bond acceptors (Lipinski definition) is 2. The molecular weight excluding hydrogens is 314 g/mol. The Morgan fingerprint density at radius 2 is 1.95 bits per heavy atom. The third-order valence-electron chi connectivity index (χ3n) is 3.17. The van der Waals surface area contributed by atoms with Gasteiger partial charge >= 0.3 is 0 Å². The van der Waals surface area contributed by atoms with E-state index in [1.165, 1.54) is 5.56 Å². The topological polar surface area (TPSA) is 21.3 Å². The Labute approximate surface area is 129 Å². The summed E-state index contributed by atoms with van der Waals surface area (Å²) in [6.07, 6.45) is 0. The van der Waals surface area contributed by atoms with Crippen molar-refractivity contribution in [3.05, 3.63) is 63.6 Å². The number of nitrogens with one attached hydrogen (secondary N) is 1. The molecule has 0 amide bonds. The molecule has 3 heteroatoms. The number of aryl methyl sites for hydroxylation is 1. The summed E-state index contributed by atoms with van der Waals surface area (Å²) in [6, 6.07) is 14.5. The van der Waals surface area contributed by atoms with Gasteiger partial charge in [-0.3, -0.25) is 0 Å². The summed E-state index contributed by atoms with van der Waals surface area (Å²) < 4.78 is 6.98. The van der Waals surface area contributed by atoms with Crippen molar-refractivity contribution in [2.75, 3.05) is 6.54 Å². The lowest BCUT2D eigenvalue weighted by molar-refractivity contribution is 0.303. The third-order valence-corrected chi connectivity index (χ3v) is 3.91. The highest BCUT2D eigenvalue weighted by Gasteiger charge is 2.04. The number of benzene rings is 2. The van der Waals surface area contributed by atoms with Crippen LogP contribution in [0.4, 0.5) is 0 Å². The molecule has 2 aromatic rings. The molecule has 0 saturated carbocycles. The van der Waals surface area contributed by atoms with E-state index in [-0.39, 0.29) is 0 Å². The Morgan fingerprint density at radius 1 is 1.15 bits per heavy atom. The molecule has 0 spiro atoms. The minimum atomic E-state index is 0.576. The summed E-state index contributed by atoms with van der Waals surface area (Å²) in [4.78, 5) is 0. The molecule has 0 atom stereocenters. The smallest absolute Gasteiger partial charge is 0.122 e. The Hall–Kier alpha value is -1.32. The summed E-state index contributed by atoms with van der Waals surface area (Å²) in [6.45, 7) is 6.63. The Balaban J connectivity index is 2.01. The zero-order valence-electron chi connectivity index (χ0n) is 11.9. The van der Waals surface area contributed by atoms with Crippen molar-refractivity contribution in [3.63, 3.8) is 0 Å². The van der Waals surface area contributed by atoms with Gasteiger partial charge < -0.3 is 10.1 Å². The SMILES string of the molecule is CCNCc1ccc(COc2ccccc2C)c(Br)c1. The fourth-order valence-corrected chi connectivity index (χ4v) is 2.50. The predicted octanol–water partition coefficient (Wildman–Crippen LogP) is 4.45. The van der Waals surface area contributed by atoms with Crippen molar-refractivity contribution in [2.24, 2.45) is 0 Å². The van der Waals surface area contributed by atoms with E-state index < -0.39 is 0 Å². The highest BCUT2D eigenvalue weighted by atomic mass is 79.9. The Kier molecular flexibility index (Phi) is 5.62. The molecule has 0 aliphatic heterocycles.